The highest BCUT2D eigenvalue weighted by molar-refractivity contribution is 4.56. The molecule has 1 unspecified atom stereocenters. The Bertz CT molecular complexity index is 73.7. The van der Waals surface area contributed by atoms with Crippen molar-refractivity contribution in [2.75, 3.05) is 6.54 Å². The molecule has 2 heteroatoms. The first-order valence-electron chi connectivity index (χ1n) is 4.05. The van der Waals surface area contributed by atoms with Crippen molar-refractivity contribution in [2.24, 2.45) is 11.7 Å². The zero-order valence-electron chi connectivity index (χ0n) is 7.01. The molecular formula is C8H19NO. The molecule has 0 aromatic carbocycles. The third kappa shape index (κ3) is 6.05. The highest BCUT2D eigenvalue weighted by atomic mass is 16.3. The second-order valence-corrected chi connectivity index (χ2v) is 3.21. The lowest BCUT2D eigenvalue weighted by Crippen LogP contribution is -2.19. The molecule has 0 heterocycles. The Morgan fingerprint density at radius 2 is 1.90 bits per heavy atom. The van der Waals surface area contributed by atoms with Crippen LogP contribution in [0.4, 0.5) is 0 Å². The van der Waals surface area contributed by atoms with Crippen molar-refractivity contribution >= 4 is 0 Å². The SMILES string of the molecule is CC(C)CCCC(O)CN. The van der Waals surface area contributed by atoms with E-state index in [9.17, 15) is 0 Å². The maximum atomic E-state index is 9.05. The van der Waals surface area contributed by atoms with E-state index in [1.807, 2.05) is 0 Å². The number of aliphatic hydroxyl groups is 1. The predicted octanol–water partition coefficient (Wildman–Crippen LogP) is 1.13. The van der Waals surface area contributed by atoms with E-state index in [1.54, 1.807) is 0 Å². The van der Waals surface area contributed by atoms with Crippen molar-refractivity contribution in [1.29, 1.82) is 0 Å². The molecule has 0 saturated heterocycles. The van der Waals surface area contributed by atoms with Crippen molar-refractivity contribution in [3.63, 3.8) is 0 Å². The van der Waals surface area contributed by atoms with Crippen LogP contribution in [0.3, 0.4) is 0 Å². The van der Waals surface area contributed by atoms with Crippen molar-refractivity contribution in [1.82, 2.24) is 0 Å². The Kier molecular flexibility index (Phi) is 5.64. The summed E-state index contributed by atoms with van der Waals surface area (Å²) in [5, 5.41) is 9.05. The van der Waals surface area contributed by atoms with Gasteiger partial charge in [-0.05, 0) is 12.3 Å². The summed E-state index contributed by atoms with van der Waals surface area (Å²) in [4.78, 5) is 0. The van der Waals surface area contributed by atoms with Gasteiger partial charge in [0.2, 0.25) is 0 Å². The molecule has 2 nitrogen and oxygen atoms in total. The van der Waals surface area contributed by atoms with E-state index in [0.29, 0.717) is 6.54 Å². The second kappa shape index (κ2) is 5.69. The highest BCUT2D eigenvalue weighted by Crippen LogP contribution is 2.07. The van der Waals surface area contributed by atoms with E-state index in [2.05, 4.69) is 13.8 Å². The zero-order valence-corrected chi connectivity index (χ0v) is 7.01. The minimum atomic E-state index is -0.279. The largest absolute Gasteiger partial charge is 0.392 e. The first kappa shape index (κ1) is 9.92. The van der Waals surface area contributed by atoms with Crippen LogP contribution < -0.4 is 5.73 Å². The number of hydrogen-bond acceptors (Lipinski definition) is 2. The van der Waals surface area contributed by atoms with E-state index in [0.717, 1.165) is 18.8 Å². The fourth-order valence-corrected chi connectivity index (χ4v) is 0.880. The Hall–Kier alpha value is -0.0800. The average Bonchev–Trinajstić information content (AvgIpc) is 1.87. The smallest absolute Gasteiger partial charge is 0.0662 e. The lowest BCUT2D eigenvalue weighted by Gasteiger charge is -2.07. The van der Waals surface area contributed by atoms with Gasteiger partial charge in [0.25, 0.3) is 0 Å². The Morgan fingerprint density at radius 1 is 1.30 bits per heavy atom. The zero-order chi connectivity index (χ0) is 7.98. The summed E-state index contributed by atoms with van der Waals surface area (Å²) in [6.07, 6.45) is 2.86. The van der Waals surface area contributed by atoms with Crippen LogP contribution in [-0.4, -0.2) is 17.8 Å². The molecule has 1 atom stereocenters. The Balaban J connectivity index is 3.03. The number of rotatable bonds is 5. The van der Waals surface area contributed by atoms with Gasteiger partial charge in [-0.25, -0.2) is 0 Å². The molecule has 0 fully saturated rings. The molecule has 10 heavy (non-hydrogen) atoms. The fourth-order valence-electron chi connectivity index (χ4n) is 0.880. The Morgan fingerprint density at radius 3 is 2.30 bits per heavy atom. The van der Waals surface area contributed by atoms with Crippen molar-refractivity contribution < 1.29 is 5.11 Å². The summed E-state index contributed by atoms with van der Waals surface area (Å²) in [5.41, 5.74) is 5.24. The van der Waals surface area contributed by atoms with Gasteiger partial charge < -0.3 is 10.8 Å². The van der Waals surface area contributed by atoms with Crippen LogP contribution in [0, 0.1) is 5.92 Å². The molecule has 0 aromatic heterocycles. The van der Waals surface area contributed by atoms with Gasteiger partial charge in [0.1, 0.15) is 0 Å². The summed E-state index contributed by atoms with van der Waals surface area (Å²) in [5.74, 6) is 0.741. The van der Waals surface area contributed by atoms with Crippen LogP contribution in [0.25, 0.3) is 0 Å². The Labute approximate surface area is 63.4 Å². The molecule has 0 rings (SSSR count). The summed E-state index contributed by atoms with van der Waals surface area (Å²) in [6, 6.07) is 0. The van der Waals surface area contributed by atoms with Crippen LogP contribution in [-0.2, 0) is 0 Å². The molecule has 0 aromatic rings. The van der Waals surface area contributed by atoms with Crippen LogP contribution >= 0.6 is 0 Å². The van der Waals surface area contributed by atoms with Crippen molar-refractivity contribution in [3.05, 3.63) is 0 Å². The summed E-state index contributed by atoms with van der Waals surface area (Å²) in [7, 11) is 0. The lowest BCUT2D eigenvalue weighted by atomic mass is 10.0. The van der Waals surface area contributed by atoms with Crippen LogP contribution in [0.1, 0.15) is 33.1 Å². The summed E-state index contributed by atoms with van der Waals surface area (Å²) < 4.78 is 0. The number of nitrogens with two attached hydrogens (primary N) is 1. The molecule has 0 aliphatic rings. The van der Waals surface area contributed by atoms with E-state index >= 15 is 0 Å². The normalized spacial score (nSPS) is 14.1. The number of hydrogen-bond donors (Lipinski definition) is 2. The monoisotopic (exact) mass is 145 g/mol. The molecule has 62 valence electrons. The van der Waals surface area contributed by atoms with Gasteiger partial charge in [0.15, 0.2) is 0 Å². The van der Waals surface area contributed by atoms with Crippen molar-refractivity contribution in [3.8, 4) is 0 Å². The van der Waals surface area contributed by atoms with Crippen molar-refractivity contribution in [2.45, 2.75) is 39.2 Å². The molecule has 0 amide bonds. The first-order chi connectivity index (χ1) is 4.66. The lowest BCUT2D eigenvalue weighted by molar-refractivity contribution is 0.167. The van der Waals surface area contributed by atoms with Crippen LogP contribution in [0.5, 0.6) is 0 Å². The number of aliphatic hydroxyl groups excluding tert-OH is 1. The third-order valence-electron chi connectivity index (χ3n) is 1.59. The third-order valence-corrected chi connectivity index (χ3v) is 1.59. The minimum Gasteiger partial charge on any atom is -0.392 e. The molecule has 0 radical (unpaired) electrons. The van der Waals surface area contributed by atoms with Gasteiger partial charge in [0.05, 0.1) is 6.10 Å². The van der Waals surface area contributed by atoms with Gasteiger partial charge in [0, 0.05) is 6.54 Å². The highest BCUT2D eigenvalue weighted by Gasteiger charge is 2.00. The molecular weight excluding hydrogens is 126 g/mol. The maximum absolute atomic E-state index is 9.05. The molecule has 0 aliphatic heterocycles. The first-order valence-corrected chi connectivity index (χ1v) is 4.05. The second-order valence-electron chi connectivity index (χ2n) is 3.21. The molecule has 0 spiro atoms. The van der Waals surface area contributed by atoms with E-state index < -0.39 is 0 Å². The molecule has 0 aliphatic carbocycles. The van der Waals surface area contributed by atoms with Gasteiger partial charge in [-0.2, -0.15) is 0 Å². The van der Waals surface area contributed by atoms with Crippen LogP contribution in [0.2, 0.25) is 0 Å². The molecule has 3 N–H and O–H groups in total. The minimum absolute atomic E-state index is 0.279. The van der Waals surface area contributed by atoms with E-state index in [-0.39, 0.29) is 6.10 Å². The maximum Gasteiger partial charge on any atom is 0.0662 e. The van der Waals surface area contributed by atoms with Gasteiger partial charge in [-0.3, -0.25) is 0 Å². The van der Waals surface area contributed by atoms with Gasteiger partial charge >= 0.3 is 0 Å². The van der Waals surface area contributed by atoms with E-state index in [4.69, 9.17) is 10.8 Å². The average molecular weight is 145 g/mol. The summed E-state index contributed by atoms with van der Waals surface area (Å²) >= 11 is 0. The topological polar surface area (TPSA) is 46.2 Å². The molecule has 0 bridgehead atoms. The van der Waals surface area contributed by atoms with Gasteiger partial charge in [-0.15, -0.1) is 0 Å². The van der Waals surface area contributed by atoms with Crippen LogP contribution in [0.15, 0.2) is 0 Å². The standard InChI is InChI=1S/C8H19NO/c1-7(2)4-3-5-8(10)6-9/h7-8,10H,3-6,9H2,1-2H3. The fraction of sp³-hybridized carbons (Fsp3) is 1.00. The predicted molar refractivity (Wildman–Crippen MR) is 43.8 cm³/mol. The summed E-state index contributed by atoms with van der Waals surface area (Å²) in [6.45, 7) is 4.78. The molecule has 0 saturated carbocycles. The van der Waals surface area contributed by atoms with Gasteiger partial charge in [-0.1, -0.05) is 26.7 Å². The quantitative estimate of drug-likeness (QED) is 0.609. The van der Waals surface area contributed by atoms with E-state index in [1.165, 1.54) is 6.42 Å².